The minimum absolute atomic E-state index is 0.0886. The second kappa shape index (κ2) is 11.1. The maximum Gasteiger partial charge on any atom is 0.234 e. The van der Waals surface area contributed by atoms with E-state index < -0.39 is 0 Å². The molecule has 0 aliphatic carbocycles. The van der Waals surface area contributed by atoms with Gasteiger partial charge in [-0.3, -0.25) is 14.9 Å². The maximum absolute atomic E-state index is 11.2. The van der Waals surface area contributed by atoms with Crippen LogP contribution in [0.5, 0.6) is 0 Å². The molecule has 7 nitrogen and oxygen atoms in total. The maximum atomic E-state index is 11.2. The van der Waals surface area contributed by atoms with Crippen LogP contribution in [0.25, 0.3) is 0 Å². The van der Waals surface area contributed by atoms with Crippen LogP contribution in [0.4, 0.5) is 0 Å². The van der Waals surface area contributed by atoms with Crippen LogP contribution in [0.15, 0.2) is 0 Å². The lowest BCUT2D eigenvalue weighted by Crippen LogP contribution is -2.39. The molecular weight excluding hydrogens is 234 g/mol. The van der Waals surface area contributed by atoms with Crippen molar-refractivity contribution in [2.24, 2.45) is 11.5 Å². The van der Waals surface area contributed by atoms with Crippen molar-refractivity contribution in [1.82, 2.24) is 16.0 Å². The normalized spacial score (nSPS) is 12.3. The molecule has 0 aromatic rings. The number of carbonyl (C=O) groups excluding carboxylic acids is 2. The van der Waals surface area contributed by atoms with E-state index in [1.165, 1.54) is 0 Å². The van der Waals surface area contributed by atoms with Gasteiger partial charge in [0, 0.05) is 6.67 Å². The van der Waals surface area contributed by atoms with Gasteiger partial charge in [0.1, 0.15) is 0 Å². The second-order valence-corrected chi connectivity index (χ2v) is 4.09. The molecule has 0 fully saturated rings. The third-order valence-electron chi connectivity index (χ3n) is 2.58. The molecule has 7 N–H and O–H groups in total. The Kier molecular flexibility index (Phi) is 10.5. The van der Waals surface area contributed by atoms with Crippen LogP contribution in [0, 0.1) is 0 Å². The predicted octanol–water partition coefficient (Wildman–Crippen LogP) is -2.11. The van der Waals surface area contributed by atoms with E-state index in [1.54, 1.807) is 7.05 Å². The molecule has 0 rings (SSSR count). The number of amides is 1. The summed E-state index contributed by atoms with van der Waals surface area (Å²) in [7, 11) is 1.72. The molecule has 18 heavy (non-hydrogen) atoms. The van der Waals surface area contributed by atoms with Crippen molar-refractivity contribution in [2.45, 2.75) is 25.3 Å². The van der Waals surface area contributed by atoms with Gasteiger partial charge in [-0.05, 0) is 26.4 Å². The van der Waals surface area contributed by atoms with Gasteiger partial charge in [0.05, 0.1) is 19.1 Å². The molecule has 0 aromatic carbocycles. The van der Waals surface area contributed by atoms with Crippen LogP contribution in [-0.4, -0.2) is 51.1 Å². The summed E-state index contributed by atoms with van der Waals surface area (Å²) >= 11 is 0. The van der Waals surface area contributed by atoms with E-state index >= 15 is 0 Å². The number of unbranched alkanes of at least 4 members (excludes halogenated alkanes) is 1. The summed E-state index contributed by atoms with van der Waals surface area (Å²) in [5.41, 5.74) is 10.4. The topological polar surface area (TPSA) is 122 Å². The Hall–Kier alpha value is -1.02. The Morgan fingerprint density at radius 3 is 2.39 bits per heavy atom. The number of hydrogen-bond donors (Lipinski definition) is 5. The van der Waals surface area contributed by atoms with E-state index in [9.17, 15) is 9.59 Å². The number of rotatable bonds is 12. The summed E-state index contributed by atoms with van der Waals surface area (Å²) in [5, 5.41) is 8.68. The van der Waals surface area contributed by atoms with Crippen molar-refractivity contribution >= 4 is 11.7 Å². The zero-order valence-electron chi connectivity index (χ0n) is 11.0. The van der Waals surface area contributed by atoms with Crippen LogP contribution >= 0.6 is 0 Å². The van der Waals surface area contributed by atoms with Gasteiger partial charge in [-0.25, -0.2) is 0 Å². The number of nitrogens with one attached hydrogen (secondary N) is 3. The van der Waals surface area contributed by atoms with Crippen molar-refractivity contribution in [2.75, 3.05) is 33.4 Å². The average Bonchev–Trinajstić information content (AvgIpc) is 2.35. The molecule has 0 heterocycles. The van der Waals surface area contributed by atoms with E-state index in [2.05, 4.69) is 16.0 Å². The lowest BCUT2D eigenvalue weighted by atomic mass is 10.1. The molecule has 0 aromatic heterocycles. The largest absolute Gasteiger partial charge is 0.368 e. The minimum Gasteiger partial charge on any atom is -0.368 e. The van der Waals surface area contributed by atoms with Gasteiger partial charge in [0.15, 0.2) is 5.78 Å². The summed E-state index contributed by atoms with van der Waals surface area (Å²) in [6, 6.07) is -0.264. The molecule has 7 heteroatoms. The Balaban J connectivity index is 3.40. The highest BCUT2D eigenvalue weighted by atomic mass is 16.1. The van der Waals surface area contributed by atoms with Crippen LogP contribution < -0.4 is 27.4 Å². The Morgan fingerprint density at radius 1 is 1.17 bits per heavy atom. The molecule has 0 aliphatic rings. The van der Waals surface area contributed by atoms with Crippen molar-refractivity contribution in [3.05, 3.63) is 0 Å². The smallest absolute Gasteiger partial charge is 0.234 e. The molecule has 0 saturated heterocycles. The summed E-state index contributed by atoms with van der Waals surface area (Å²) in [6.07, 6.45) is 2.51. The van der Waals surface area contributed by atoms with Crippen LogP contribution in [-0.2, 0) is 9.59 Å². The van der Waals surface area contributed by atoms with Gasteiger partial charge >= 0.3 is 0 Å². The number of Topliss-reactive ketones (excluding diaryl/α,β-unsaturated/α-hetero) is 1. The first-order chi connectivity index (χ1) is 8.61. The SMILES string of the molecule is CN[C@@H](CCCCNCC(=O)CNCN)C(N)=O. The Bertz CT molecular complexity index is 248. The standard InChI is InChI=1S/C11H25N5O2/c1-14-10(11(13)18)4-2-3-5-15-6-9(17)7-16-8-12/h10,14-16H,2-8,12H2,1H3,(H2,13,18)/t10-/m0/s1. The highest BCUT2D eigenvalue weighted by molar-refractivity contribution is 5.82. The van der Waals surface area contributed by atoms with Crippen LogP contribution in [0.1, 0.15) is 19.3 Å². The van der Waals surface area contributed by atoms with E-state index in [0.717, 1.165) is 25.8 Å². The summed E-state index contributed by atoms with van der Waals surface area (Å²) in [6.45, 7) is 1.71. The first kappa shape index (κ1) is 17.0. The average molecular weight is 259 g/mol. The van der Waals surface area contributed by atoms with Gasteiger partial charge < -0.3 is 22.1 Å². The molecule has 0 saturated carbocycles. The van der Waals surface area contributed by atoms with E-state index in [-0.39, 0.29) is 17.7 Å². The summed E-state index contributed by atoms with van der Waals surface area (Å²) in [4.78, 5) is 22.1. The number of primary amides is 1. The molecule has 0 radical (unpaired) electrons. The van der Waals surface area contributed by atoms with Crippen LogP contribution in [0.3, 0.4) is 0 Å². The highest BCUT2D eigenvalue weighted by Gasteiger charge is 2.11. The number of likely N-dealkylation sites (N-methyl/N-ethyl adjacent to an activating group) is 1. The number of carbonyl (C=O) groups is 2. The fraction of sp³-hybridized carbons (Fsp3) is 0.818. The molecule has 1 amide bonds. The first-order valence-corrected chi connectivity index (χ1v) is 6.21. The fourth-order valence-corrected chi connectivity index (χ4v) is 1.53. The monoisotopic (exact) mass is 259 g/mol. The lowest BCUT2D eigenvalue weighted by Gasteiger charge is -2.11. The van der Waals surface area contributed by atoms with Gasteiger partial charge in [0.2, 0.25) is 5.91 Å². The molecule has 0 bridgehead atoms. The second-order valence-electron chi connectivity index (χ2n) is 4.09. The van der Waals surface area contributed by atoms with Crippen molar-refractivity contribution in [1.29, 1.82) is 0 Å². The number of ketones is 1. The lowest BCUT2D eigenvalue weighted by molar-refractivity contribution is -0.120. The van der Waals surface area contributed by atoms with Crippen molar-refractivity contribution < 1.29 is 9.59 Å². The summed E-state index contributed by atoms with van der Waals surface area (Å²) < 4.78 is 0. The van der Waals surface area contributed by atoms with Crippen LogP contribution in [0.2, 0.25) is 0 Å². The quantitative estimate of drug-likeness (QED) is 0.202. The van der Waals surface area contributed by atoms with Gasteiger partial charge in [-0.15, -0.1) is 0 Å². The summed E-state index contributed by atoms with van der Waals surface area (Å²) in [5.74, 6) is -0.237. The zero-order valence-corrected chi connectivity index (χ0v) is 11.0. The van der Waals surface area contributed by atoms with Gasteiger partial charge in [-0.1, -0.05) is 6.42 Å². The van der Waals surface area contributed by atoms with E-state index in [4.69, 9.17) is 11.5 Å². The molecule has 0 unspecified atom stereocenters. The highest BCUT2D eigenvalue weighted by Crippen LogP contribution is 1.99. The molecule has 1 atom stereocenters. The van der Waals surface area contributed by atoms with E-state index in [0.29, 0.717) is 19.8 Å². The molecule has 0 aliphatic heterocycles. The van der Waals surface area contributed by atoms with Crippen molar-refractivity contribution in [3.8, 4) is 0 Å². The number of nitrogens with two attached hydrogens (primary N) is 2. The third kappa shape index (κ3) is 9.06. The Morgan fingerprint density at radius 2 is 1.83 bits per heavy atom. The van der Waals surface area contributed by atoms with E-state index in [1.807, 2.05) is 0 Å². The van der Waals surface area contributed by atoms with Gasteiger partial charge in [0.25, 0.3) is 0 Å². The predicted molar refractivity (Wildman–Crippen MR) is 70.8 cm³/mol. The van der Waals surface area contributed by atoms with Crippen molar-refractivity contribution in [3.63, 3.8) is 0 Å². The fourth-order valence-electron chi connectivity index (χ4n) is 1.53. The zero-order chi connectivity index (χ0) is 13.8. The Labute approximate surface area is 108 Å². The number of hydrogen-bond acceptors (Lipinski definition) is 6. The minimum atomic E-state index is -0.325. The third-order valence-corrected chi connectivity index (χ3v) is 2.58. The molecule has 0 spiro atoms. The molecule has 106 valence electrons. The first-order valence-electron chi connectivity index (χ1n) is 6.21. The van der Waals surface area contributed by atoms with Gasteiger partial charge in [-0.2, -0.15) is 0 Å². The molecular formula is C11H25N5O2.